The molecule has 94 valence electrons. The maximum atomic E-state index is 10.8. The SMILES string of the molecule is CC(C)c1nsc(Oc2cccnc2[N+](=O)[O-])n1. The lowest BCUT2D eigenvalue weighted by atomic mass is 10.2. The Labute approximate surface area is 107 Å². The van der Waals surface area contributed by atoms with Crippen molar-refractivity contribution in [1.82, 2.24) is 14.3 Å². The quantitative estimate of drug-likeness (QED) is 0.624. The smallest absolute Gasteiger partial charge is 0.406 e. The summed E-state index contributed by atoms with van der Waals surface area (Å²) in [7, 11) is 0. The van der Waals surface area contributed by atoms with Crippen LogP contribution in [-0.4, -0.2) is 19.3 Å². The molecule has 0 saturated heterocycles. The largest absolute Gasteiger partial charge is 0.421 e. The molecular weight excluding hydrogens is 256 g/mol. The molecule has 0 aliphatic heterocycles. The number of nitro groups is 1. The highest BCUT2D eigenvalue weighted by Crippen LogP contribution is 2.30. The molecule has 0 aliphatic rings. The van der Waals surface area contributed by atoms with E-state index in [9.17, 15) is 10.1 Å². The van der Waals surface area contributed by atoms with Gasteiger partial charge in [-0.2, -0.15) is 9.36 Å². The maximum Gasteiger partial charge on any atom is 0.406 e. The average Bonchev–Trinajstić information content (AvgIpc) is 2.78. The maximum absolute atomic E-state index is 10.8. The molecule has 0 atom stereocenters. The summed E-state index contributed by atoms with van der Waals surface area (Å²) in [5, 5.41) is 11.0. The third kappa shape index (κ3) is 2.59. The Morgan fingerprint density at radius 3 is 2.89 bits per heavy atom. The van der Waals surface area contributed by atoms with E-state index in [1.165, 1.54) is 12.3 Å². The molecule has 0 spiro atoms. The Balaban J connectivity index is 2.25. The minimum absolute atomic E-state index is 0.0638. The first-order chi connectivity index (χ1) is 8.58. The predicted molar refractivity (Wildman–Crippen MR) is 65.0 cm³/mol. The molecule has 2 rings (SSSR count). The summed E-state index contributed by atoms with van der Waals surface area (Å²) in [6.45, 7) is 3.91. The first-order valence-corrected chi connectivity index (χ1v) is 5.96. The van der Waals surface area contributed by atoms with Gasteiger partial charge in [0.05, 0.1) is 0 Å². The van der Waals surface area contributed by atoms with Gasteiger partial charge in [-0.3, -0.25) is 0 Å². The van der Waals surface area contributed by atoms with Gasteiger partial charge in [-0.05, 0) is 22.0 Å². The number of rotatable bonds is 4. The zero-order valence-corrected chi connectivity index (χ0v) is 10.5. The molecule has 2 heterocycles. The molecule has 18 heavy (non-hydrogen) atoms. The normalized spacial score (nSPS) is 10.6. The Bertz CT molecular complexity index is 570. The number of pyridine rings is 1. The fourth-order valence-electron chi connectivity index (χ4n) is 1.19. The van der Waals surface area contributed by atoms with E-state index in [0.717, 1.165) is 11.5 Å². The highest BCUT2D eigenvalue weighted by Gasteiger charge is 2.18. The molecule has 0 bridgehead atoms. The van der Waals surface area contributed by atoms with E-state index in [-0.39, 0.29) is 22.7 Å². The van der Waals surface area contributed by atoms with Crippen LogP contribution in [0.3, 0.4) is 0 Å². The summed E-state index contributed by atoms with van der Waals surface area (Å²) in [6.07, 6.45) is 1.34. The van der Waals surface area contributed by atoms with Gasteiger partial charge in [0.15, 0.2) is 0 Å². The highest BCUT2D eigenvalue weighted by atomic mass is 32.1. The third-order valence-electron chi connectivity index (χ3n) is 2.06. The van der Waals surface area contributed by atoms with Gasteiger partial charge in [-0.1, -0.05) is 13.8 Å². The van der Waals surface area contributed by atoms with Crippen molar-refractivity contribution in [2.24, 2.45) is 0 Å². The topological polar surface area (TPSA) is 91.0 Å². The zero-order chi connectivity index (χ0) is 13.1. The van der Waals surface area contributed by atoms with Crippen LogP contribution in [0.2, 0.25) is 0 Å². The molecule has 0 radical (unpaired) electrons. The van der Waals surface area contributed by atoms with Crippen molar-refractivity contribution in [2.75, 3.05) is 0 Å². The summed E-state index contributed by atoms with van der Waals surface area (Å²) in [5.74, 6) is 0.566. The number of hydrogen-bond donors (Lipinski definition) is 0. The van der Waals surface area contributed by atoms with Crippen LogP contribution in [-0.2, 0) is 0 Å². The number of nitrogens with zero attached hydrogens (tertiary/aromatic N) is 4. The Kier molecular flexibility index (Phi) is 3.47. The number of aromatic nitrogens is 3. The van der Waals surface area contributed by atoms with E-state index in [2.05, 4.69) is 14.3 Å². The molecule has 0 aromatic carbocycles. The molecule has 0 fully saturated rings. The van der Waals surface area contributed by atoms with Crippen LogP contribution in [0.5, 0.6) is 10.9 Å². The second kappa shape index (κ2) is 5.05. The van der Waals surface area contributed by atoms with Crippen LogP contribution in [0.1, 0.15) is 25.6 Å². The fraction of sp³-hybridized carbons (Fsp3) is 0.300. The van der Waals surface area contributed by atoms with E-state index < -0.39 is 4.92 Å². The summed E-state index contributed by atoms with van der Waals surface area (Å²) in [4.78, 5) is 17.9. The first-order valence-electron chi connectivity index (χ1n) is 5.19. The summed E-state index contributed by atoms with van der Waals surface area (Å²) >= 11 is 1.06. The van der Waals surface area contributed by atoms with Crippen molar-refractivity contribution >= 4 is 17.4 Å². The van der Waals surface area contributed by atoms with Crippen LogP contribution < -0.4 is 4.74 Å². The Morgan fingerprint density at radius 2 is 2.28 bits per heavy atom. The molecule has 7 nitrogen and oxygen atoms in total. The minimum Gasteiger partial charge on any atom is -0.421 e. The van der Waals surface area contributed by atoms with Crippen molar-refractivity contribution in [1.29, 1.82) is 0 Å². The van der Waals surface area contributed by atoms with Gasteiger partial charge < -0.3 is 14.9 Å². The highest BCUT2D eigenvalue weighted by molar-refractivity contribution is 7.07. The van der Waals surface area contributed by atoms with Gasteiger partial charge >= 0.3 is 5.82 Å². The van der Waals surface area contributed by atoms with Crippen LogP contribution in [0.25, 0.3) is 0 Å². The first kappa shape index (κ1) is 12.4. The molecule has 0 unspecified atom stereocenters. The zero-order valence-electron chi connectivity index (χ0n) is 9.73. The van der Waals surface area contributed by atoms with Crippen LogP contribution in [0.15, 0.2) is 18.3 Å². The van der Waals surface area contributed by atoms with Gasteiger partial charge in [-0.15, -0.1) is 0 Å². The van der Waals surface area contributed by atoms with E-state index in [4.69, 9.17) is 4.74 Å². The van der Waals surface area contributed by atoms with E-state index >= 15 is 0 Å². The summed E-state index contributed by atoms with van der Waals surface area (Å²) < 4.78 is 9.44. The van der Waals surface area contributed by atoms with Gasteiger partial charge in [0, 0.05) is 17.5 Å². The lowest BCUT2D eigenvalue weighted by Gasteiger charge is -2.01. The second-order valence-electron chi connectivity index (χ2n) is 3.76. The molecule has 2 aromatic heterocycles. The summed E-state index contributed by atoms with van der Waals surface area (Å²) in [5.41, 5.74) is 0. The molecule has 0 N–H and O–H groups in total. The van der Waals surface area contributed by atoms with Crippen molar-refractivity contribution in [3.63, 3.8) is 0 Å². The van der Waals surface area contributed by atoms with Crippen molar-refractivity contribution in [3.8, 4) is 10.9 Å². The molecule has 0 aliphatic carbocycles. The van der Waals surface area contributed by atoms with Crippen molar-refractivity contribution in [2.45, 2.75) is 19.8 Å². The number of ether oxygens (including phenoxy) is 1. The molecule has 8 heteroatoms. The van der Waals surface area contributed by atoms with Crippen LogP contribution >= 0.6 is 11.5 Å². The van der Waals surface area contributed by atoms with Gasteiger partial charge in [0.25, 0.3) is 5.19 Å². The minimum atomic E-state index is -0.597. The van der Waals surface area contributed by atoms with E-state index in [0.29, 0.717) is 5.82 Å². The third-order valence-corrected chi connectivity index (χ3v) is 2.67. The standard InChI is InChI=1S/C10H10N4O3S/c1-6(2)8-12-10(18-13-8)17-7-4-3-5-11-9(7)14(15)16/h3-6H,1-2H3. The Morgan fingerprint density at radius 1 is 1.50 bits per heavy atom. The number of hydrogen-bond acceptors (Lipinski definition) is 7. The second-order valence-corrected chi connectivity index (χ2v) is 4.47. The molecule has 0 amide bonds. The van der Waals surface area contributed by atoms with Gasteiger partial charge in [0.2, 0.25) is 5.75 Å². The van der Waals surface area contributed by atoms with Crippen molar-refractivity contribution < 1.29 is 9.66 Å². The Hall–Kier alpha value is -2.09. The average molecular weight is 266 g/mol. The fourth-order valence-corrected chi connectivity index (χ4v) is 1.87. The molecule has 2 aromatic rings. The van der Waals surface area contributed by atoms with Crippen LogP contribution in [0, 0.1) is 10.1 Å². The van der Waals surface area contributed by atoms with Crippen molar-refractivity contribution in [3.05, 3.63) is 34.3 Å². The predicted octanol–water partition coefficient (Wildman–Crippen LogP) is 2.76. The lowest BCUT2D eigenvalue weighted by molar-refractivity contribution is -0.390. The van der Waals surface area contributed by atoms with Gasteiger partial charge in [-0.25, -0.2) is 0 Å². The molecular formula is C10H10N4O3S. The van der Waals surface area contributed by atoms with Gasteiger partial charge in [0.1, 0.15) is 12.0 Å². The van der Waals surface area contributed by atoms with Crippen LogP contribution in [0.4, 0.5) is 5.82 Å². The molecule has 0 saturated carbocycles. The summed E-state index contributed by atoms with van der Waals surface area (Å²) in [6, 6.07) is 3.04. The lowest BCUT2D eigenvalue weighted by Crippen LogP contribution is -1.96. The monoisotopic (exact) mass is 266 g/mol. The van der Waals surface area contributed by atoms with E-state index in [1.54, 1.807) is 6.07 Å². The van der Waals surface area contributed by atoms with E-state index in [1.807, 2.05) is 13.8 Å².